The fraction of sp³-hybridized carbons (Fsp3) is 0.625. The molecule has 0 aromatic heterocycles. The van der Waals surface area contributed by atoms with Gasteiger partial charge in [-0.3, -0.25) is 0 Å². The van der Waals surface area contributed by atoms with Crippen LogP contribution in [0.5, 0.6) is 0 Å². The quantitative estimate of drug-likeness (QED) is 0.444. The van der Waals surface area contributed by atoms with Gasteiger partial charge in [-0.1, -0.05) is 13.5 Å². The van der Waals surface area contributed by atoms with Gasteiger partial charge in [0.25, 0.3) is 0 Å². The summed E-state index contributed by atoms with van der Waals surface area (Å²) in [7, 11) is 0. The third kappa shape index (κ3) is 3.28. The van der Waals surface area contributed by atoms with E-state index in [1.165, 1.54) is 6.08 Å². The lowest BCUT2D eigenvalue weighted by Gasteiger charge is -2.21. The van der Waals surface area contributed by atoms with Crippen molar-refractivity contribution in [2.24, 2.45) is 0 Å². The molecule has 0 amide bonds. The summed E-state index contributed by atoms with van der Waals surface area (Å²) in [5, 5.41) is 0. The summed E-state index contributed by atoms with van der Waals surface area (Å²) in [4.78, 5) is 10.6. The monoisotopic (exact) mass is 142 g/mol. The normalized spacial score (nSPS) is 10.7. The summed E-state index contributed by atoms with van der Waals surface area (Å²) in [5.74, 6) is -0.355. The highest BCUT2D eigenvalue weighted by Crippen LogP contribution is 2.13. The van der Waals surface area contributed by atoms with Gasteiger partial charge in [0, 0.05) is 6.08 Å². The van der Waals surface area contributed by atoms with Crippen molar-refractivity contribution in [3.63, 3.8) is 0 Å². The molecule has 0 fully saturated rings. The van der Waals surface area contributed by atoms with E-state index in [9.17, 15) is 4.79 Å². The van der Waals surface area contributed by atoms with Crippen LogP contribution in [0.1, 0.15) is 27.2 Å². The van der Waals surface area contributed by atoms with Gasteiger partial charge in [-0.2, -0.15) is 0 Å². The molecule has 2 nitrogen and oxygen atoms in total. The fourth-order valence-corrected chi connectivity index (χ4v) is 0.386. The molecular formula is C8H14O2. The average Bonchev–Trinajstić information content (AvgIpc) is 1.87. The minimum absolute atomic E-state index is 0.355. The second kappa shape index (κ2) is 3.40. The lowest BCUT2D eigenvalue weighted by molar-refractivity contribution is -0.150. The van der Waals surface area contributed by atoms with E-state index < -0.39 is 0 Å². The Kier molecular flexibility index (Phi) is 3.13. The molecule has 0 spiro atoms. The first-order chi connectivity index (χ1) is 4.52. The number of hydrogen-bond acceptors (Lipinski definition) is 2. The molecule has 0 aromatic rings. The van der Waals surface area contributed by atoms with Gasteiger partial charge in [0.1, 0.15) is 5.60 Å². The first kappa shape index (κ1) is 9.21. The van der Waals surface area contributed by atoms with Crippen LogP contribution in [0.4, 0.5) is 0 Å². The molecule has 0 atom stereocenters. The van der Waals surface area contributed by atoms with Crippen molar-refractivity contribution in [2.75, 3.05) is 0 Å². The molecule has 58 valence electrons. The van der Waals surface area contributed by atoms with E-state index in [0.717, 1.165) is 6.42 Å². The van der Waals surface area contributed by atoms with E-state index in [-0.39, 0.29) is 11.6 Å². The van der Waals surface area contributed by atoms with Crippen LogP contribution in [0.2, 0.25) is 0 Å². The van der Waals surface area contributed by atoms with Gasteiger partial charge in [0.2, 0.25) is 0 Å². The molecule has 0 bridgehead atoms. The second-order valence-corrected chi connectivity index (χ2v) is 2.74. The zero-order valence-corrected chi connectivity index (χ0v) is 6.81. The van der Waals surface area contributed by atoms with Crippen molar-refractivity contribution in [2.45, 2.75) is 32.8 Å². The molecule has 0 unspecified atom stereocenters. The van der Waals surface area contributed by atoms with E-state index in [0.29, 0.717) is 0 Å². The molecule has 0 rings (SSSR count). The summed E-state index contributed by atoms with van der Waals surface area (Å²) in [6, 6.07) is 0. The molecule has 0 saturated heterocycles. The average molecular weight is 142 g/mol. The van der Waals surface area contributed by atoms with Crippen molar-refractivity contribution < 1.29 is 9.53 Å². The Morgan fingerprint density at radius 2 is 2.20 bits per heavy atom. The summed E-state index contributed by atoms with van der Waals surface area (Å²) in [6.45, 7) is 9.01. The SMILES string of the molecule is C=CC(=O)OC(C)(C)CC. The molecule has 0 aliphatic rings. The van der Waals surface area contributed by atoms with E-state index in [2.05, 4.69) is 6.58 Å². The van der Waals surface area contributed by atoms with E-state index in [1.54, 1.807) is 0 Å². The minimum atomic E-state index is -0.356. The summed E-state index contributed by atoms with van der Waals surface area (Å²) in [5.41, 5.74) is -0.356. The second-order valence-electron chi connectivity index (χ2n) is 2.74. The summed E-state index contributed by atoms with van der Waals surface area (Å²) < 4.78 is 4.98. The van der Waals surface area contributed by atoms with Gasteiger partial charge in [-0.25, -0.2) is 4.79 Å². The van der Waals surface area contributed by atoms with Crippen LogP contribution in [0.25, 0.3) is 0 Å². The zero-order valence-electron chi connectivity index (χ0n) is 6.81. The van der Waals surface area contributed by atoms with Gasteiger partial charge in [-0.05, 0) is 20.3 Å². The summed E-state index contributed by atoms with van der Waals surface area (Å²) in [6.07, 6.45) is 1.99. The van der Waals surface area contributed by atoms with E-state index in [4.69, 9.17) is 4.74 Å². The Morgan fingerprint density at radius 1 is 1.70 bits per heavy atom. The molecule has 0 N–H and O–H groups in total. The predicted molar refractivity (Wildman–Crippen MR) is 40.7 cm³/mol. The van der Waals surface area contributed by atoms with Gasteiger partial charge in [0.05, 0.1) is 0 Å². The maximum Gasteiger partial charge on any atom is 0.330 e. The molecule has 0 aliphatic carbocycles. The largest absolute Gasteiger partial charge is 0.457 e. The molecule has 0 heterocycles. The number of ether oxygens (including phenoxy) is 1. The standard InChI is InChI=1S/C8H14O2/c1-5-7(9)10-8(3,4)6-2/h5H,1,6H2,2-4H3. The van der Waals surface area contributed by atoms with Gasteiger partial charge in [0.15, 0.2) is 0 Å². The van der Waals surface area contributed by atoms with Gasteiger partial charge >= 0.3 is 5.97 Å². The fourth-order valence-electron chi connectivity index (χ4n) is 0.386. The highest BCUT2D eigenvalue weighted by molar-refractivity contribution is 5.81. The lowest BCUT2D eigenvalue weighted by Crippen LogP contribution is -2.25. The zero-order chi connectivity index (χ0) is 8.20. The predicted octanol–water partition coefficient (Wildman–Crippen LogP) is 1.90. The van der Waals surface area contributed by atoms with Crippen LogP contribution in [-0.4, -0.2) is 11.6 Å². The Morgan fingerprint density at radius 3 is 2.50 bits per heavy atom. The number of rotatable bonds is 3. The lowest BCUT2D eigenvalue weighted by atomic mass is 10.1. The topological polar surface area (TPSA) is 26.3 Å². The molecule has 0 saturated carbocycles. The van der Waals surface area contributed by atoms with Crippen molar-refractivity contribution in [3.05, 3.63) is 12.7 Å². The Labute approximate surface area is 61.9 Å². The van der Waals surface area contributed by atoms with Gasteiger partial charge in [-0.15, -0.1) is 0 Å². The number of hydrogen-bond donors (Lipinski definition) is 0. The molecule has 0 aliphatic heterocycles. The smallest absolute Gasteiger partial charge is 0.330 e. The van der Waals surface area contributed by atoms with Crippen molar-refractivity contribution in [3.8, 4) is 0 Å². The van der Waals surface area contributed by atoms with Crippen molar-refractivity contribution in [1.29, 1.82) is 0 Å². The van der Waals surface area contributed by atoms with Crippen LogP contribution in [-0.2, 0) is 9.53 Å². The first-order valence-corrected chi connectivity index (χ1v) is 3.37. The molecule has 0 aromatic carbocycles. The van der Waals surface area contributed by atoms with Gasteiger partial charge < -0.3 is 4.74 Å². The van der Waals surface area contributed by atoms with Crippen molar-refractivity contribution >= 4 is 5.97 Å². The van der Waals surface area contributed by atoms with Crippen LogP contribution >= 0.6 is 0 Å². The van der Waals surface area contributed by atoms with Crippen molar-refractivity contribution in [1.82, 2.24) is 0 Å². The number of esters is 1. The summed E-state index contributed by atoms with van der Waals surface area (Å²) >= 11 is 0. The Bertz CT molecular complexity index is 136. The number of carbonyl (C=O) groups is 1. The molecule has 2 heteroatoms. The maximum absolute atomic E-state index is 10.6. The Hall–Kier alpha value is -0.790. The first-order valence-electron chi connectivity index (χ1n) is 3.37. The third-order valence-corrected chi connectivity index (χ3v) is 1.39. The molecule has 10 heavy (non-hydrogen) atoms. The van der Waals surface area contributed by atoms with Crippen LogP contribution in [0, 0.1) is 0 Å². The maximum atomic E-state index is 10.6. The van der Waals surface area contributed by atoms with Crippen LogP contribution in [0.3, 0.4) is 0 Å². The highest BCUT2D eigenvalue weighted by Gasteiger charge is 2.17. The molecular weight excluding hydrogens is 128 g/mol. The highest BCUT2D eigenvalue weighted by atomic mass is 16.6. The van der Waals surface area contributed by atoms with Crippen LogP contribution < -0.4 is 0 Å². The Balaban J connectivity index is 3.87. The van der Waals surface area contributed by atoms with E-state index >= 15 is 0 Å². The minimum Gasteiger partial charge on any atom is -0.457 e. The van der Waals surface area contributed by atoms with Crippen LogP contribution in [0.15, 0.2) is 12.7 Å². The third-order valence-electron chi connectivity index (χ3n) is 1.39. The molecule has 0 radical (unpaired) electrons. The van der Waals surface area contributed by atoms with E-state index in [1.807, 2.05) is 20.8 Å². The number of carbonyl (C=O) groups excluding carboxylic acids is 1.